The summed E-state index contributed by atoms with van der Waals surface area (Å²) < 4.78 is 19.0. The lowest BCUT2D eigenvalue weighted by Gasteiger charge is -2.33. The molecule has 5 rings (SSSR count). The smallest absolute Gasteiger partial charge is 0.310 e. The normalized spacial score (nSPS) is 18.3. The van der Waals surface area contributed by atoms with Gasteiger partial charge < -0.3 is 9.57 Å². The lowest BCUT2D eigenvalue weighted by atomic mass is 9.90. The molecule has 0 amide bonds. The molecule has 0 bridgehead atoms. The zero-order valence-electron chi connectivity index (χ0n) is 20.6. The molecule has 2 heterocycles. The number of nitro groups is 1. The van der Waals surface area contributed by atoms with Gasteiger partial charge in [0, 0.05) is 24.6 Å². The summed E-state index contributed by atoms with van der Waals surface area (Å²) in [5.41, 5.74) is 3.60. The second-order valence-electron chi connectivity index (χ2n) is 9.76. The average Bonchev–Trinajstić information content (AvgIpc) is 3.39. The Balaban J connectivity index is 1.14. The van der Waals surface area contributed by atoms with Crippen LogP contribution in [0.15, 0.2) is 78.0 Å². The Kier molecular flexibility index (Phi) is 7.75. The average molecular weight is 504 g/mol. The van der Waals surface area contributed by atoms with Gasteiger partial charge in [-0.15, -0.1) is 0 Å². The van der Waals surface area contributed by atoms with E-state index >= 15 is 0 Å². The molecule has 0 N–H and O–H groups in total. The molecule has 2 aliphatic heterocycles. The summed E-state index contributed by atoms with van der Waals surface area (Å²) in [6, 6.07) is 21.2. The highest BCUT2D eigenvalue weighted by atomic mass is 19.1. The Labute approximate surface area is 215 Å². The third kappa shape index (κ3) is 6.51. The van der Waals surface area contributed by atoms with Crippen molar-refractivity contribution in [3.63, 3.8) is 0 Å². The summed E-state index contributed by atoms with van der Waals surface area (Å²) in [5, 5.41) is 15.8. The molecular formula is C29H30FN3O4. The first-order chi connectivity index (χ1) is 18.0. The van der Waals surface area contributed by atoms with E-state index < -0.39 is 4.92 Å². The number of benzene rings is 3. The van der Waals surface area contributed by atoms with Gasteiger partial charge in [0.15, 0.2) is 5.75 Å². The molecule has 3 aromatic rings. The molecule has 3 aromatic carbocycles. The molecule has 0 radical (unpaired) electrons. The van der Waals surface area contributed by atoms with E-state index in [1.54, 1.807) is 12.1 Å². The largest absolute Gasteiger partial charge is 0.482 e. The van der Waals surface area contributed by atoms with Crippen LogP contribution < -0.4 is 4.74 Å². The summed E-state index contributed by atoms with van der Waals surface area (Å²) in [6.45, 7) is 3.03. The molecule has 1 fully saturated rings. The van der Waals surface area contributed by atoms with E-state index in [9.17, 15) is 14.5 Å². The lowest BCUT2D eigenvalue weighted by molar-refractivity contribution is -0.385. The fourth-order valence-electron chi connectivity index (χ4n) is 5.01. The number of oxime groups is 1. The van der Waals surface area contributed by atoms with E-state index in [0.29, 0.717) is 12.3 Å². The molecule has 192 valence electrons. The van der Waals surface area contributed by atoms with E-state index in [-0.39, 0.29) is 30.0 Å². The van der Waals surface area contributed by atoms with Gasteiger partial charge in [0.25, 0.3) is 0 Å². The maximum Gasteiger partial charge on any atom is 0.310 e. The molecule has 1 unspecified atom stereocenters. The summed E-state index contributed by atoms with van der Waals surface area (Å²) in [4.78, 5) is 19.2. The van der Waals surface area contributed by atoms with E-state index in [1.807, 2.05) is 42.5 Å². The predicted molar refractivity (Wildman–Crippen MR) is 139 cm³/mol. The number of hydrogen-bond donors (Lipinski definition) is 0. The molecule has 8 heteroatoms. The van der Waals surface area contributed by atoms with Crippen LogP contribution in [0.5, 0.6) is 5.75 Å². The van der Waals surface area contributed by atoms with Gasteiger partial charge in [-0.05, 0) is 73.7 Å². The number of hydrogen-bond acceptors (Lipinski definition) is 6. The zero-order chi connectivity index (χ0) is 25.6. The fourth-order valence-corrected chi connectivity index (χ4v) is 5.01. The molecule has 0 aromatic heterocycles. The van der Waals surface area contributed by atoms with Gasteiger partial charge in [-0.25, -0.2) is 4.39 Å². The number of rotatable bonds is 9. The van der Waals surface area contributed by atoms with E-state index in [4.69, 9.17) is 9.57 Å². The van der Waals surface area contributed by atoms with Crippen molar-refractivity contribution < 1.29 is 18.9 Å². The molecule has 1 atom stereocenters. The van der Waals surface area contributed by atoms with Crippen LogP contribution in [-0.4, -0.2) is 41.3 Å². The third-order valence-electron chi connectivity index (χ3n) is 7.07. The lowest BCUT2D eigenvalue weighted by Crippen LogP contribution is -2.39. The Hall–Kier alpha value is -3.78. The number of nitro benzene ring substituents is 1. The summed E-state index contributed by atoms with van der Waals surface area (Å²) in [7, 11) is 0. The summed E-state index contributed by atoms with van der Waals surface area (Å²) in [5.74, 6) is 0.634. The van der Waals surface area contributed by atoms with Crippen molar-refractivity contribution in [1.29, 1.82) is 0 Å². The first kappa shape index (κ1) is 24.9. The van der Waals surface area contributed by atoms with Gasteiger partial charge in [0.05, 0.1) is 10.6 Å². The van der Waals surface area contributed by atoms with Crippen molar-refractivity contribution in [2.24, 2.45) is 11.1 Å². The SMILES string of the molecule is O=[N+]([O-])c1ccc(C2=NOC(CN3CCC(Cc4ccc(F)cc4)CC3)C2)cc1OCc1ccccc1. The molecule has 0 saturated carbocycles. The highest BCUT2D eigenvalue weighted by Gasteiger charge is 2.28. The zero-order valence-corrected chi connectivity index (χ0v) is 20.6. The number of halogens is 1. The Bertz CT molecular complexity index is 1240. The fraction of sp³-hybridized carbons (Fsp3) is 0.345. The van der Waals surface area contributed by atoms with E-state index in [0.717, 1.165) is 55.7 Å². The van der Waals surface area contributed by atoms with Crippen molar-refractivity contribution in [2.45, 2.75) is 38.4 Å². The van der Waals surface area contributed by atoms with Gasteiger partial charge >= 0.3 is 5.69 Å². The third-order valence-corrected chi connectivity index (χ3v) is 7.07. The number of piperidine rings is 1. The maximum atomic E-state index is 13.2. The highest BCUT2D eigenvalue weighted by Crippen LogP contribution is 2.31. The quantitative estimate of drug-likeness (QED) is 0.274. The van der Waals surface area contributed by atoms with Gasteiger partial charge in [0.2, 0.25) is 0 Å². The number of ether oxygens (including phenoxy) is 1. The molecule has 0 spiro atoms. The minimum absolute atomic E-state index is 0.0486. The Morgan fingerprint density at radius 2 is 1.78 bits per heavy atom. The highest BCUT2D eigenvalue weighted by molar-refractivity contribution is 6.01. The minimum Gasteiger partial charge on any atom is -0.482 e. The van der Waals surface area contributed by atoms with Crippen LogP contribution in [-0.2, 0) is 17.9 Å². The second kappa shape index (κ2) is 11.5. The monoisotopic (exact) mass is 503 g/mol. The number of likely N-dealkylation sites (tertiary alicyclic amines) is 1. The van der Waals surface area contributed by atoms with Crippen LogP contribution in [0.25, 0.3) is 0 Å². The Morgan fingerprint density at radius 1 is 1.03 bits per heavy atom. The van der Waals surface area contributed by atoms with Crippen LogP contribution in [0.4, 0.5) is 10.1 Å². The van der Waals surface area contributed by atoms with Gasteiger partial charge in [-0.1, -0.05) is 47.6 Å². The van der Waals surface area contributed by atoms with Crippen molar-refractivity contribution in [1.82, 2.24) is 4.90 Å². The van der Waals surface area contributed by atoms with Gasteiger partial charge in [-0.2, -0.15) is 0 Å². The predicted octanol–water partition coefficient (Wildman–Crippen LogP) is 5.76. The van der Waals surface area contributed by atoms with Crippen LogP contribution in [0, 0.1) is 21.8 Å². The van der Waals surface area contributed by atoms with Crippen LogP contribution >= 0.6 is 0 Å². The molecule has 7 nitrogen and oxygen atoms in total. The van der Waals surface area contributed by atoms with Crippen LogP contribution in [0.3, 0.4) is 0 Å². The van der Waals surface area contributed by atoms with Crippen molar-refractivity contribution in [3.05, 3.63) is 105 Å². The van der Waals surface area contributed by atoms with Crippen molar-refractivity contribution in [2.75, 3.05) is 19.6 Å². The topological polar surface area (TPSA) is 77.2 Å². The van der Waals surface area contributed by atoms with Gasteiger partial charge in [0.1, 0.15) is 18.5 Å². The summed E-state index contributed by atoms with van der Waals surface area (Å²) in [6.07, 6.45) is 3.78. The Morgan fingerprint density at radius 3 is 2.51 bits per heavy atom. The van der Waals surface area contributed by atoms with Crippen LogP contribution in [0.1, 0.15) is 36.0 Å². The molecule has 37 heavy (non-hydrogen) atoms. The first-order valence-corrected chi connectivity index (χ1v) is 12.7. The standard InChI is InChI=1S/C29H30FN3O4/c30-25-9-6-21(7-10-25)16-22-12-14-32(15-13-22)19-26-18-27(31-37-26)24-8-11-28(33(34)35)29(17-24)36-20-23-4-2-1-3-5-23/h1-11,17,22,26H,12-16,18-20H2. The first-order valence-electron chi connectivity index (χ1n) is 12.7. The minimum atomic E-state index is -0.431. The second-order valence-corrected chi connectivity index (χ2v) is 9.76. The van der Waals surface area contributed by atoms with E-state index in [2.05, 4.69) is 10.1 Å². The van der Waals surface area contributed by atoms with E-state index in [1.165, 1.54) is 23.8 Å². The maximum absolute atomic E-state index is 13.2. The van der Waals surface area contributed by atoms with Gasteiger partial charge in [-0.3, -0.25) is 15.0 Å². The molecule has 0 aliphatic carbocycles. The molecule has 1 saturated heterocycles. The molecule has 2 aliphatic rings. The summed E-state index contributed by atoms with van der Waals surface area (Å²) >= 11 is 0. The van der Waals surface area contributed by atoms with Crippen molar-refractivity contribution >= 4 is 11.4 Å². The van der Waals surface area contributed by atoms with Crippen LogP contribution in [0.2, 0.25) is 0 Å². The molecular weight excluding hydrogens is 473 g/mol. The number of nitrogens with zero attached hydrogens (tertiary/aromatic N) is 3. The van der Waals surface area contributed by atoms with Crippen molar-refractivity contribution in [3.8, 4) is 5.75 Å².